The first-order chi connectivity index (χ1) is 15.0. The molecule has 0 saturated carbocycles. The number of esters is 1. The Balaban J connectivity index is 1.84. The summed E-state index contributed by atoms with van der Waals surface area (Å²) in [5.41, 5.74) is 2.30. The zero-order valence-corrected chi connectivity index (χ0v) is 17.3. The Labute approximate surface area is 179 Å². The van der Waals surface area contributed by atoms with E-state index < -0.39 is 18.5 Å². The largest absolute Gasteiger partial charge is 0.497 e. The van der Waals surface area contributed by atoms with Gasteiger partial charge in [-0.2, -0.15) is 0 Å². The molecule has 0 aliphatic carbocycles. The summed E-state index contributed by atoms with van der Waals surface area (Å²) in [5.74, 6) is -0.998. The molecule has 1 aromatic heterocycles. The van der Waals surface area contributed by atoms with Crippen LogP contribution in [0.3, 0.4) is 0 Å². The minimum atomic E-state index is -0.675. The number of aromatic nitrogens is 1. The first kappa shape index (κ1) is 21.8. The van der Waals surface area contributed by atoms with Crippen LogP contribution in [-0.4, -0.2) is 49.6 Å². The molecule has 8 nitrogen and oxygen atoms in total. The number of nitrogens with one attached hydrogen (secondary N) is 2. The summed E-state index contributed by atoms with van der Waals surface area (Å²) in [6.45, 7) is 1.55. The van der Waals surface area contributed by atoms with Crippen LogP contribution < -0.4 is 15.4 Å². The van der Waals surface area contributed by atoms with Gasteiger partial charge in [0.25, 0.3) is 5.91 Å². The number of hydrogen-bond donors (Lipinski definition) is 2. The van der Waals surface area contributed by atoms with Crippen LogP contribution in [0.2, 0.25) is 0 Å². The second-order valence-electron chi connectivity index (χ2n) is 6.61. The third-order valence-electron chi connectivity index (χ3n) is 4.46. The van der Waals surface area contributed by atoms with Crippen LogP contribution in [-0.2, 0) is 14.3 Å². The lowest BCUT2D eigenvalue weighted by atomic mass is 10.0. The van der Waals surface area contributed by atoms with Crippen molar-refractivity contribution in [2.45, 2.75) is 6.92 Å². The molecule has 0 radical (unpaired) electrons. The van der Waals surface area contributed by atoms with Crippen molar-refractivity contribution >= 4 is 28.7 Å². The van der Waals surface area contributed by atoms with Gasteiger partial charge in [0.15, 0.2) is 6.61 Å². The third kappa shape index (κ3) is 5.57. The molecule has 0 aliphatic heterocycles. The predicted octanol–water partition coefficient (Wildman–Crippen LogP) is 2.32. The van der Waals surface area contributed by atoms with E-state index in [9.17, 15) is 14.4 Å². The van der Waals surface area contributed by atoms with Crippen molar-refractivity contribution in [1.82, 2.24) is 15.6 Å². The molecule has 3 rings (SSSR count). The second kappa shape index (κ2) is 10.2. The fourth-order valence-corrected chi connectivity index (χ4v) is 2.96. The molecule has 1 heterocycles. The van der Waals surface area contributed by atoms with Gasteiger partial charge in [-0.15, -0.1) is 0 Å². The maximum atomic E-state index is 12.8. The van der Waals surface area contributed by atoms with Crippen molar-refractivity contribution in [3.63, 3.8) is 0 Å². The standard InChI is InChI=1S/C23H23N3O5/c1-3-24-21(27)13-25-22(28)14-31-23(29)18-12-20(15-7-5-4-6-8-15)26-19-10-9-16(30-2)11-17(18)19/h4-12H,3,13-14H2,1-2H3,(H,24,27)(H,25,28). The zero-order chi connectivity index (χ0) is 22.2. The number of methoxy groups -OCH3 is 1. The minimum Gasteiger partial charge on any atom is -0.497 e. The molecule has 0 fully saturated rings. The van der Waals surface area contributed by atoms with Crippen molar-refractivity contribution < 1.29 is 23.9 Å². The van der Waals surface area contributed by atoms with Gasteiger partial charge < -0.3 is 20.1 Å². The average molecular weight is 421 g/mol. The van der Waals surface area contributed by atoms with Gasteiger partial charge in [0, 0.05) is 17.5 Å². The Bertz CT molecular complexity index is 1100. The van der Waals surface area contributed by atoms with Gasteiger partial charge >= 0.3 is 5.97 Å². The van der Waals surface area contributed by atoms with Crippen LogP contribution in [0.15, 0.2) is 54.6 Å². The van der Waals surface area contributed by atoms with Gasteiger partial charge in [-0.1, -0.05) is 30.3 Å². The number of fused-ring (bicyclic) bond motifs is 1. The summed E-state index contributed by atoms with van der Waals surface area (Å²) in [5, 5.41) is 5.52. The number of benzene rings is 2. The highest BCUT2D eigenvalue weighted by atomic mass is 16.5. The zero-order valence-electron chi connectivity index (χ0n) is 17.3. The number of amides is 2. The van der Waals surface area contributed by atoms with Crippen LogP contribution in [0.4, 0.5) is 0 Å². The fraction of sp³-hybridized carbons (Fsp3) is 0.217. The van der Waals surface area contributed by atoms with Gasteiger partial charge in [0.2, 0.25) is 5.91 Å². The first-order valence-electron chi connectivity index (χ1n) is 9.76. The number of likely N-dealkylation sites (N-methyl/N-ethyl adjacent to an activating group) is 1. The Morgan fingerprint density at radius 1 is 0.968 bits per heavy atom. The summed E-state index contributed by atoms with van der Waals surface area (Å²) in [6.07, 6.45) is 0. The smallest absolute Gasteiger partial charge is 0.339 e. The number of carbonyl (C=O) groups is 3. The summed E-state index contributed by atoms with van der Waals surface area (Å²) in [7, 11) is 1.53. The Kier molecular flexibility index (Phi) is 7.16. The molecule has 2 amide bonds. The van der Waals surface area contributed by atoms with Gasteiger partial charge in [-0.25, -0.2) is 9.78 Å². The first-order valence-corrected chi connectivity index (χ1v) is 9.76. The maximum Gasteiger partial charge on any atom is 0.339 e. The van der Waals surface area contributed by atoms with Gasteiger partial charge in [0.05, 0.1) is 30.4 Å². The van der Waals surface area contributed by atoms with Crippen LogP contribution in [0.1, 0.15) is 17.3 Å². The molecule has 8 heteroatoms. The maximum absolute atomic E-state index is 12.8. The SMILES string of the molecule is CCNC(=O)CNC(=O)COC(=O)c1cc(-c2ccccc2)nc2ccc(OC)cc12. The molecule has 2 N–H and O–H groups in total. The average Bonchev–Trinajstić information content (AvgIpc) is 2.80. The highest BCUT2D eigenvalue weighted by Gasteiger charge is 2.17. The van der Waals surface area contributed by atoms with Crippen molar-refractivity contribution in [1.29, 1.82) is 0 Å². The highest BCUT2D eigenvalue weighted by molar-refractivity contribution is 6.05. The molecular weight excluding hydrogens is 398 g/mol. The minimum absolute atomic E-state index is 0.183. The number of rotatable bonds is 8. The number of nitrogens with zero attached hydrogens (tertiary/aromatic N) is 1. The van der Waals surface area contributed by atoms with E-state index in [0.29, 0.717) is 28.9 Å². The van der Waals surface area contributed by atoms with E-state index >= 15 is 0 Å². The molecule has 0 unspecified atom stereocenters. The normalized spacial score (nSPS) is 10.4. The topological polar surface area (TPSA) is 107 Å². The quantitative estimate of drug-likeness (QED) is 0.541. The van der Waals surface area contributed by atoms with E-state index in [0.717, 1.165) is 5.56 Å². The van der Waals surface area contributed by atoms with Crippen molar-refractivity contribution in [2.75, 3.05) is 26.8 Å². The van der Waals surface area contributed by atoms with Crippen molar-refractivity contribution in [3.8, 4) is 17.0 Å². The van der Waals surface area contributed by atoms with Crippen LogP contribution >= 0.6 is 0 Å². The molecule has 0 saturated heterocycles. The molecular formula is C23H23N3O5. The second-order valence-corrected chi connectivity index (χ2v) is 6.61. The van der Waals surface area contributed by atoms with Crippen molar-refractivity contribution in [2.24, 2.45) is 0 Å². The molecule has 0 atom stereocenters. The Hall–Kier alpha value is -3.94. The molecule has 0 spiro atoms. The molecule has 3 aromatic rings. The van der Waals surface area contributed by atoms with Gasteiger partial charge in [-0.3, -0.25) is 9.59 Å². The number of carbonyl (C=O) groups excluding carboxylic acids is 3. The Morgan fingerprint density at radius 3 is 2.45 bits per heavy atom. The molecule has 0 aliphatic rings. The van der Waals surface area contributed by atoms with Gasteiger partial charge in [0.1, 0.15) is 5.75 Å². The van der Waals surface area contributed by atoms with Crippen LogP contribution in [0, 0.1) is 0 Å². The lowest BCUT2D eigenvalue weighted by Gasteiger charge is -2.11. The van der Waals surface area contributed by atoms with Gasteiger partial charge in [-0.05, 0) is 31.2 Å². The van der Waals surface area contributed by atoms with E-state index in [1.54, 1.807) is 31.2 Å². The molecule has 31 heavy (non-hydrogen) atoms. The lowest BCUT2D eigenvalue weighted by molar-refractivity contribution is -0.127. The number of ether oxygens (including phenoxy) is 2. The van der Waals surface area contributed by atoms with Crippen molar-refractivity contribution in [3.05, 3.63) is 60.2 Å². The lowest BCUT2D eigenvalue weighted by Crippen LogP contribution is -2.38. The summed E-state index contributed by atoms with van der Waals surface area (Å²) < 4.78 is 10.5. The Morgan fingerprint density at radius 2 is 1.74 bits per heavy atom. The summed E-state index contributed by atoms with van der Waals surface area (Å²) >= 11 is 0. The van der Waals surface area contributed by atoms with E-state index in [1.165, 1.54) is 7.11 Å². The summed E-state index contributed by atoms with van der Waals surface area (Å²) in [4.78, 5) is 40.8. The number of hydrogen-bond acceptors (Lipinski definition) is 6. The van der Waals surface area contributed by atoms with E-state index in [1.807, 2.05) is 30.3 Å². The monoisotopic (exact) mass is 421 g/mol. The van der Waals surface area contributed by atoms with E-state index in [2.05, 4.69) is 15.6 Å². The molecule has 2 aromatic carbocycles. The summed E-state index contributed by atoms with van der Waals surface area (Å²) in [6, 6.07) is 16.3. The predicted molar refractivity (Wildman–Crippen MR) is 116 cm³/mol. The van der Waals surface area contributed by atoms with E-state index in [-0.39, 0.29) is 18.0 Å². The molecule has 160 valence electrons. The fourth-order valence-electron chi connectivity index (χ4n) is 2.96. The third-order valence-corrected chi connectivity index (χ3v) is 4.46. The molecule has 0 bridgehead atoms. The van der Waals surface area contributed by atoms with Crippen LogP contribution in [0.25, 0.3) is 22.2 Å². The van der Waals surface area contributed by atoms with E-state index in [4.69, 9.17) is 9.47 Å². The number of pyridine rings is 1. The highest BCUT2D eigenvalue weighted by Crippen LogP contribution is 2.28. The van der Waals surface area contributed by atoms with Crippen LogP contribution in [0.5, 0.6) is 5.75 Å².